The second-order valence-corrected chi connectivity index (χ2v) is 4.02. The zero-order valence-electron chi connectivity index (χ0n) is 9.03. The molecule has 1 unspecified atom stereocenters. The van der Waals surface area contributed by atoms with E-state index in [4.69, 9.17) is 4.74 Å². The minimum Gasteiger partial charge on any atom is -0.489 e. The molecule has 0 amide bonds. The molecule has 0 aliphatic heterocycles. The van der Waals surface area contributed by atoms with Gasteiger partial charge < -0.3 is 9.84 Å². The topological polar surface area (TPSA) is 42.4 Å². The molecule has 0 spiro atoms. The van der Waals surface area contributed by atoms with E-state index in [0.717, 1.165) is 23.6 Å². The molecule has 1 heterocycles. The van der Waals surface area contributed by atoms with Crippen molar-refractivity contribution in [3.05, 3.63) is 23.5 Å². The molecule has 1 N–H and O–H groups in total. The van der Waals surface area contributed by atoms with Crippen LogP contribution in [0.15, 0.2) is 12.1 Å². The van der Waals surface area contributed by atoms with Crippen LogP contribution in [0.4, 0.5) is 0 Å². The van der Waals surface area contributed by atoms with E-state index < -0.39 is 6.10 Å². The van der Waals surface area contributed by atoms with Crippen molar-refractivity contribution in [2.75, 3.05) is 11.9 Å². The maximum absolute atomic E-state index is 9.35. The van der Waals surface area contributed by atoms with Gasteiger partial charge in [-0.1, -0.05) is 22.9 Å². The van der Waals surface area contributed by atoms with Gasteiger partial charge in [0.05, 0.1) is 11.8 Å². The van der Waals surface area contributed by atoms with Crippen LogP contribution in [-0.2, 0) is 6.42 Å². The Bertz CT molecular complexity index is 317. The van der Waals surface area contributed by atoms with Crippen LogP contribution in [0.25, 0.3) is 0 Å². The number of hydrogen-bond acceptors (Lipinski definition) is 3. The first-order chi connectivity index (χ1) is 7.17. The summed E-state index contributed by atoms with van der Waals surface area (Å²) in [5.41, 5.74) is 1.93. The molecule has 0 aliphatic rings. The van der Waals surface area contributed by atoms with Gasteiger partial charge in [-0.05, 0) is 25.5 Å². The highest BCUT2D eigenvalue weighted by molar-refractivity contribution is 9.09. The van der Waals surface area contributed by atoms with Crippen LogP contribution in [0, 0.1) is 6.92 Å². The standard InChI is InChI=1S/C11H16BrNO2/c1-3-10-11(5-4-8(2)13-10)15-7-9(14)6-12/h4-5,9,14H,3,6-7H2,1-2H3. The number of aryl methyl sites for hydroxylation is 2. The number of aromatic nitrogens is 1. The van der Waals surface area contributed by atoms with Crippen LogP contribution in [0.1, 0.15) is 18.3 Å². The molecule has 3 nitrogen and oxygen atoms in total. The third-order valence-corrected chi connectivity index (χ3v) is 2.76. The van der Waals surface area contributed by atoms with E-state index in [2.05, 4.69) is 20.9 Å². The molecule has 15 heavy (non-hydrogen) atoms. The number of rotatable bonds is 5. The summed E-state index contributed by atoms with van der Waals surface area (Å²) in [4.78, 5) is 4.38. The first-order valence-corrected chi connectivity index (χ1v) is 6.12. The second-order valence-electron chi connectivity index (χ2n) is 3.37. The molecule has 0 saturated carbocycles. The molecule has 4 heteroatoms. The molecular weight excluding hydrogens is 258 g/mol. The highest BCUT2D eigenvalue weighted by Crippen LogP contribution is 2.17. The maximum Gasteiger partial charge on any atom is 0.140 e. The lowest BCUT2D eigenvalue weighted by Gasteiger charge is -2.12. The largest absolute Gasteiger partial charge is 0.489 e. The van der Waals surface area contributed by atoms with Gasteiger partial charge in [0.1, 0.15) is 12.4 Å². The summed E-state index contributed by atoms with van der Waals surface area (Å²) in [6.45, 7) is 4.29. The molecule has 1 aromatic rings. The molecule has 0 aromatic carbocycles. The van der Waals surface area contributed by atoms with Crippen molar-refractivity contribution in [3.63, 3.8) is 0 Å². The molecule has 0 bridgehead atoms. The Morgan fingerprint density at radius 3 is 2.87 bits per heavy atom. The SMILES string of the molecule is CCc1nc(C)ccc1OCC(O)CBr. The van der Waals surface area contributed by atoms with Crippen molar-refractivity contribution in [1.82, 2.24) is 4.98 Å². The van der Waals surface area contributed by atoms with Gasteiger partial charge in [0, 0.05) is 11.0 Å². The smallest absolute Gasteiger partial charge is 0.140 e. The number of halogens is 1. The Balaban J connectivity index is 2.67. The average Bonchev–Trinajstić information content (AvgIpc) is 2.26. The summed E-state index contributed by atoms with van der Waals surface area (Å²) in [6, 6.07) is 3.82. The van der Waals surface area contributed by atoms with E-state index in [1.54, 1.807) is 0 Å². The van der Waals surface area contributed by atoms with E-state index in [-0.39, 0.29) is 0 Å². The Hall–Kier alpha value is -0.610. The van der Waals surface area contributed by atoms with Gasteiger partial charge in [0.25, 0.3) is 0 Å². The van der Waals surface area contributed by atoms with Crippen LogP contribution < -0.4 is 4.74 Å². The number of nitrogens with zero attached hydrogens (tertiary/aromatic N) is 1. The third kappa shape index (κ3) is 3.80. The lowest BCUT2D eigenvalue weighted by molar-refractivity contribution is 0.126. The van der Waals surface area contributed by atoms with E-state index in [1.165, 1.54) is 0 Å². The lowest BCUT2D eigenvalue weighted by Crippen LogP contribution is -2.19. The molecule has 1 rings (SSSR count). The number of hydrogen-bond donors (Lipinski definition) is 1. The van der Waals surface area contributed by atoms with Gasteiger partial charge in [-0.2, -0.15) is 0 Å². The highest BCUT2D eigenvalue weighted by Gasteiger charge is 2.07. The predicted octanol–water partition coefficient (Wildman–Crippen LogP) is 2.09. The van der Waals surface area contributed by atoms with Crippen molar-refractivity contribution < 1.29 is 9.84 Å². The predicted molar refractivity (Wildman–Crippen MR) is 63.6 cm³/mol. The van der Waals surface area contributed by atoms with E-state index in [9.17, 15) is 5.11 Å². The Morgan fingerprint density at radius 2 is 2.27 bits per heavy atom. The van der Waals surface area contributed by atoms with Crippen LogP contribution in [0.5, 0.6) is 5.75 Å². The van der Waals surface area contributed by atoms with Gasteiger partial charge in [-0.15, -0.1) is 0 Å². The minimum absolute atomic E-state index is 0.295. The molecule has 0 fully saturated rings. The summed E-state index contributed by atoms with van der Waals surface area (Å²) < 4.78 is 5.49. The number of pyridine rings is 1. The van der Waals surface area contributed by atoms with Gasteiger partial charge in [0.2, 0.25) is 0 Å². The zero-order valence-corrected chi connectivity index (χ0v) is 10.6. The van der Waals surface area contributed by atoms with Gasteiger partial charge >= 0.3 is 0 Å². The minimum atomic E-state index is -0.476. The van der Waals surface area contributed by atoms with Gasteiger partial charge in [-0.25, -0.2) is 0 Å². The first-order valence-electron chi connectivity index (χ1n) is 5.00. The Labute approximate surface area is 98.6 Å². The summed E-state index contributed by atoms with van der Waals surface area (Å²) in [6.07, 6.45) is 0.359. The third-order valence-electron chi connectivity index (χ3n) is 2.02. The fourth-order valence-electron chi connectivity index (χ4n) is 1.21. The average molecular weight is 274 g/mol. The summed E-state index contributed by atoms with van der Waals surface area (Å²) in [7, 11) is 0. The van der Waals surface area contributed by atoms with Crippen LogP contribution in [0.2, 0.25) is 0 Å². The van der Waals surface area contributed by atoms with Crippen molar-refractivity contribution in [2.24, 2.45) is 0 Å². The van der Waals surface area contributed by atoms with E-state index >= 15 is 0 Å². The summed E-state index contributed by atoms with van der Waals surface area (Å²) >= 11 is 3.19. The molecule has 1 atom stereocenters. The second kappa shape index (κ2) is 6.08. The maximum atomic E-state index is 9.35. The number of alkyl halides is 1. The van der Waals surface area contributed by atoms with Crippen molar-refractivity contribution in [1.29, 1.82) is 0 Å². The Kier molecular flexibility index (Phi) is 5.05. The molecule has 0 aliphatic carbocycles. The highest BCUT2D eigenvalue weighted by atomic mass is 79.9. The zero-order chi connectivity index (χ0) is 11.3. The fourth-order valence-corrected chi connectivity index (χ4v) is 1.40. The lowest BCUT2D eigenvalue weighted by atomic mass is 10.2. The van der Waals surface area contributed by atoms with Crippen molar-refractivity contribution >= 4 is 15.9 Å². The molecule has 0 saturated heterocycles. The van der Waals surface area contributed by atoms with E-state index in [0.29, 0.717) is 11.9 Å². The molecular formula is C11H16BrNO2. The summed E-state index contributed by atoms with van der Waals surface area (Å²) in [5, 5.41) is 9.87. The van der Waals surface area contributed by atoms with Gasteiger partial charge in [0.15, 0.2) is 0 Å². The Morgan fingerprint density at radius 1 is 1.53 bits per heavy atom. The number of ether oxygens (including phenoxy) is 1. The monoisotopic (exact) mass is 273 g/mol. The van der Waals surface area contributed by atoms with Crippen LogP contribution >= 0.6 is 15.9 Å². The van der Waals surface area contributed by atoms with Crippen LogP contribution in [0.3, 0.4) is 0 Å². The van der Waals surface area contributed by atoms with Gasteiger partial charge in [-0.3, -0.25) is 4.98 Å². The fraction of sp³-hybridized carbons (Fsp3) is 0.545. The molecule has 84 valence electrons. The quantitative estimate of drug-likeness (QED) is 0.836. The van der Waals surface area contributed by atoms with Crippen molar-refractivity contribution in [2.45, 2.75) is 26.4 Å². The number of aliphatic hydroxyl groups is 1. The first kappa shape index (κ1) is 12.5. The number of aliphatic hydroxyl groups excluding tert-OH is 1. The van der Waals surface area contributed by atoms with E-state index in [1.807, 2.05) is 26.0 Å². The van der Waals surface area contributed by atoms with Crippen molar-refractivity contribution in [3.8, 4) is 5.75 Å². The summed E-state index contributed by atoms with van der Waals surface area (Å²) in [5.74, 6) is 0.767. The molecule has 1 aromatic heterocycles. The van der Waals surface area contributed by atoms with Crippen LogP contribution in [-0.4, -0.2) is 28.1 Å². The normalized spacial score (nSPS) is 12.5. The molecule has 0 radical (unpaired) electrons.